The number of piperidine rings is 1. The first-order valence-electron chi connectivity index (χ1n) is 8.18. The number of pyridine rings is 1. The second kappa shape index (κ2) is 7.73. The van der Waals surface area contributed by atoms with Crippen LogP contribution in [0.3, 0.4) is 0 Å². The number of urea groups is 1. The summed E-state index contributed by atoms with van der Waals surface area (Å²) in [6.45, 7) is 1.37. The Morgan fingerprint density at radius 3 is 3.08 bits per heavy atom. The first-order chi connectivity index (χ1) is 12.1. The Morgan fingerprint density at radius 1 is 1.44 bits per heavy atom. The second-order valence-electron chi connectivity index (χ2n) is 5.92. The van der Waals surface area contributed by atoms with Gasteiger partial charge in [0.2, 0.25) is 17.6 Å². The van der Waals surface area contributed by atoms with Crippen LogP contribution in [0.1, 0.15) is 18.7 Å². The highest BCUT2D eigenvalue weighted by atomic mass is 16.5. The van der Waals surface area contributed by atoms with Gasteiger partial charge in [0.1, 0.15) is 0 Å². The Balaban J connectivity index is 1.47. The van der Waals surface area contributed by atoms with Crippen molar-refractivity contribution >= 4 is 11.9 Å². The predicted octanol–water partition coefficient (Wildman–Crippen LogP) is 0.581. The second-order valence-corrected chi connectivity index (χ2v) is 5.92. The molecule has 2 aromatic heterocycles. The van der Waals surface area contributed by atoms with Crippen LogP contribution in [0.25, 0.3) is 11.4 Å². The molecule has 1 atom stereocenters. The lowest BCUT2D eigenvalue weighted by molar-refractivity contribution is -0.126. The molecule has 2 aromatic rings. The molecule has 3 amide bonds. The van der Waals surface area contributed by atoms with Crippen molar-refractivity contribution in [3.63, 3.8) is 0 Å². The number of carbonyl (C=O) groups is 2. The molecule has 132 valence electrons. The van der Waals surface area contributed by atoms with E-state index in [1.54, 1.807) is 18.5 Å². The van der Waals surface area contributed by atoms with Gasteiger partial charge in [-0.25, -0.2) is 4.79 Å². The van der Waals surface area contributed by atoms with Crippen molar-refractivity contribution in [2.24, 2.45) is 11.7 Å². The molecular weight excluding hydrogens is 324 g/mol. The Bertz CT molecular complexity index is 732. The monoisotopic (exact) mass is 344 g/mol. The van der Waals surface area contributed by atoms with Gasteiger partial charge in [-0.05, 0) is 25.0 Å². The summed E-state index contributed by atoms with van der Waals surface area (Å²) in [6, 6.07) is 3.16. The number of hydrogen-bond acceptors (Lipinski definition) is 6. The highest BCUT2D eigenvalue weighted by Gasteiger charge is 2.27. The standard InChI is InChI=1S/C16H20N6O3/c17-16(24)22-8-2-4-12(10-22)15(23)19-7-5-13-20-14(21-25-13)11-3-1-6-18-9-11/h1,3,6,9,12H,2,4-5,7-8,10H2,(H2,17,24)(H,19,23). The minimum atomic E-state index is -0.480. The fourth-order valence-corrected chi connectivity index (χ4v) is 2.80. The summed E-state index contributed by atoms with van der Waals surface area (Å²) in [6.07, 6.45) is 5.29. The van der Waals surface area contributed by atoms with Gasteiger partial charge in [-0.3, -0.25) is 9.78 Å². The Morgan fingerprint density at radius 2 is 2.32 bits per heavy atom. The lowest BCUT2D eigenvalue weighted by atomic mass is 9.97. The number of hydrogen-bond donors (Lipinski definition) is 2. The molecule has 3 rings (SSSR count). The molecule has 0 radical (unpaired) electrons. The van der Waals surface area contributed by atoms with Crippen molar-refractivity contribution in [1.29, 1.82) is 0 Å². The maximum Gasteiger partial charge on any atom is 0.314 e. The minimum absolute atomic E-state index is 0.0852. The summed E-state index contributed by atoms with van der Waals surface area (Å²) < 4.78 is 5.19. The molecule has 1 fully saturated rings. The third kappa shape index (κ3) is 4.31. The maximum absolute atomic E-state index is 12.2. The number of nitrogens with zero attached hydrogens (tertiary/aromatic N) is 4. The lowest BCUT2D eigenvalue weighted by Crippen LogP contribution is -2.47. The average molecular weight is 344 g/mol. The van der Waals surface area contributed by atoms with Crippen LogP contribution in [0, 0.1) is 5.92 Å². The maximum atomic E-state index is 12.2. The third-order valence-corrected chi connectivity index (χ3v) is 4.13. The van der Waals surface area contributed by atoms with E-state index in [0.29, 0.717) is 37.8 Å². The number of carbonyl (C=O) groups excluding carboxylic acids is 2. The molecule has 1 saturated heterocycles. The lowest BCUT2D eigenvalue weighted by Gasteiger charge is -2.30. The first-order valence-corrected chi connectivity index (χ1v) is 8.18. The molecule has 1 aliphatic heterocycles. The van der Waals surface area contributed by atoms with Crippen LogP contribution in [0.5, 0.6) is 0 Å². The quantitative estimate of drug-likeness (QED) is 0.817. The van der Waals surface area contributed by atoms with Gasteiger partial charge in [-0.1, -0.05) is 5.16 Å². The zero-order valence-electron chi connectivity index (χ0n) is 13.7. The summed E-state index contributed by atoms with van der Waals surface area (Å²) >= 11 is 0. The molecule has 9 heteroatoms. The summed E-state index contributed by atoms with van der Waals surface area (Å²) in [5, 5.41) is 6.76. The topological polar surface area (TPSA) is 127 Å². The molecule has 0 spiro atoms. The Kier molecular flexibility index (Phi) is 5.22. The SMILES string of the molecule is NC(=O)N1CCCC(C(=O)NCCc2nc(-c3cccnc3)no2)C1. The van der Waals surface area contributed by atoms with E-state index in [1.165, 1.54) is 4.90 Å². The highest BCUT2D eigenvalue weighted by molar-refractivity contribution is 5.80. The van der Waals surface area contributed by atoms with Crippen LogP contribution in [-0.4, -0.2) is 51.6 Å². The van der Waals surface area contributed by atoms with Crippen molar-refractivity contribution < 1.29 is 14.1 Å². The number of rotatable bonds is 5. The molecule has 0 bridgehead atoms. The van der Waals surface area contributed by atoms with Gasteiger partial charge in [0.15, 0.2) is 0 Å². The molecule has 9 nitrogen and oxygen atoms in total. The van der Waals surface area contributed by atoms with Gasteiger partial charge < -0.3 is 20.5 Å². The Labute approximate surface area is 144 Å². The summed E-state index contributed by atoms with van der Waals surface area (Å²) in [7, 11) is 0. The van der Waals surface area contributed by atoms with Crippen LogP contribution >= 0.6 is 0 Å². The molecule has 0 saturated carbocycles. The number of aromatic nitrogens is 3. The van der Waals surface area contributed by atoms with E-state index in [1.807, 2.05) is 6.07 Å². The van der Waals surface area contributed by atoms with E-state index in [2.05, 4.69) is 20.4 Å². The molecule has 3 N–H and O–H groups in total. The summed E-state index contributed by atoms with van der Waals surface area (Å²) in [5.74, 6) is 0.605. The van der Waals surface area contributed by atoms with Crippen molar-refractivity contribution in [3.05, 3.63) is 30.4 Å². The number of amides is 3. The fourth-order valence-electron chi connectivity index (χ4n) is 2.80. The van der Waals surface area contributed by atoms with Crippen LogP contribution in [0.4, 0.5) is 4.79 Å². The van der Waals surface area contributed by atoms with Crippen molar-refractivity contribution in [2.75, 3.05) is 19.6 Å². The van der Waals surface area contributed by atoms with Crippen LogP contribution < -0.4 is 11.1 Å². The summed E-state index contributed by atoms with van der Waals surface area (Å²) in [4.78, 5) is 33.2. The van der Waals surface area contributed by atoms with Gasteiger partial charge in [0.05, 0.1) is 5.92 Å². The zero-order valence-corrected chi connectivity index (χ0v) is 13.7. The average Bonchev–Trinajstić information content (AvgIpc) is 3.11. The minimum Gasteiger partial charge on any atom is -0.355 e. The van der Waals surface area contributed by atoms with Crippen LogP contribution in [0.15, 0.2) is 29.0 Å². The van der Waals surface area contributed by atoms with Gasteiger partial charge in [-0.2, -0.15) is 4.98 Å². The van der Waals surface area contributed by atoms with Gasteiger partial charge in [-0.15, -0.1) is 0 Å². The molecule has 0 aromatic carbocycles. The molecule has 1 aliphatic rings. The largest absolute Gasteiger partial charge is 0.355 e. The first kappa shape index (κ1) is 16.9. The van der Waals surface area contributed by atoms with Crippen molar-refractivity contribution in [2.45, 2.75) is 19.3 Å². The van der Waals surface area contributed by atoms with E-state index in [9.17, 15) is 9.59 Å². The van der Waals surface area contributed by atoms with Crippen molar-refractivity contribution in [1.82, 2.24) is 25.3 Å². The zero-order chi connectivity index (χ0) is 17.6. The van der Waals surface area contributed by atoms with E-state index < -0.39 is 6.03 Å². The molecule has 25 heavy (non-hydrogen) atoms. The summed E-state index contributed by atoms with van der Waals surface area (Å²) in [5.41, 5.74) is 6.05. The molecular formula is C16H20N6O3. The number of nitrogens with two attached hydrogens (primary N) is 1. The van der Waals surface area contributed by atoms with E-state index in [-0.39, 0.29) is 11.8 Å². The van der Waals surface area contributed by atoms with Crippen LogP contribution in [0.2, 0.25) is 0 Å². The molecule has 0 aliphatic carbocycles. The molecule has 1 unspecified atom stereocenters. The highest BCUT2D eigenvalue weighted by Crippen LogP contribution is 2.16. The number of primary amides is 1. The van der Waals surface area contributed by atoms with E-state index in [4.69, 9.17) is 10.3 Å². The van der Waals surface area contributed by atoms with Crippen LogP contribution in [-0.2, 0) is 11.2 Å². The fraction of sp³-hybridized carbons (Fsp3) is 0.438. The van der Waals surface area contributed by atoms with Gasteiger partial charge >= 0.3 is 6.03 Å². The third-order valence-electron chi connectivity index (χ3n) is 4.13. The molecule has 3 heterocycles. The Hall–Kier alpha value is -2.97. The van der Waals surface area contributed by atoms with E-state index in [0.717, 1.165) is 18.4 Å². The van der Waals surface area contributed by atoms with Gasteiger partial charge in [0.25, 0.3) is 0 Å². The normalized spacial score (nSPS) is 17.3. The van der Waals surface area contributed by atoms with Gasteiger partial charge in [0, 0.05) is 44.0 Å². The smallest absolute Gasteiger partial charge is 0.314 e. The number of likely N-dealkylation sites (tertiary alicyclic amines) is 1. The number of nitrogens with one attached hydrogen (secondary N) is 1. The van der Waals surface area contributed by atoms with E-state index >= 15 is 0 Å². The van der Waals surface area contributed by atoms with Crippen molar-refractivity contribution in [3.8, 4) is 11.4 Å². The predicted molar refractivity (Wildman–Crippen MR) is 88.1 cm³/mol.